The van der Waals surface area contributed by atoms with Crippen molar-refractivity contribution in [2.24, 2.45) is 0 Å². The Morgan fingerprint density at radius 3 is 2.76 bits per heavy atom. The van der Waals surface area contributed by atoms with Crippen LogP contribution in [0.25, 0.3) is 0 Å². The maximum atomic E-state index is 5.83. The fourth-order valence-corrected chi connectivity index (χ4v) is 1.63. The minimum absolute atomic E-state index is 0.272. The average molecular weight is 236 g/mol. The molecule has 0 radical (unpaired) electrons. The number of hydrogen-bond donors (Lipinski definition) is 1. The molecule has 0 amide bonds. The second kappa shape index (κ2) is 7.28. The van der Waals surface area contributed by atoms with Gasteiger partial charge in [0, 0.05) is 24.8 Å². The molecule has 3 nitrogen and oxygen atoms in total. The fraction of sp³-hybridized carbons (Fsp3) is 0.643. The molecular weight excluding hydrogens is 212 g/mol. The normalized spacial score (nSPS) is 12.8. The Hall–Kier alpha value is -1.09. The standard InChI is InChI=1S/C14H24N2O/c1-5-6-12(4)17-14-7-8-15-13(9-14)10-16-11(2)3/h7-9,11-12,16H,5-6,10H2,1-4H3. The minimum Gasteiger partial charge on any atom is -0.491 e. The molecule has 1 N–H and O–H groups in total. The molecular formula is C14H24N2O. The molecule has 96 valence electrons. The van der Waals surface area contributed by atoms with Crippen LogP contribution in [0.5, 0.6) is 5.75 Å². The first-order chi connectivity index (χ1) is 8.11. The molecule has 1 unspecified atom stereocenters. The topological polar surface area (TPSA) is 34.1 Å². The summed E-state index contributed by atoms with van der Waals surface area (Å²) in [5.41, 5.74) is 1.03. The summed E-state index contributed by atoms with van der Waals surface area (Å²) >= 11 is 0. The highest BCUT2D eigenvalue weighted by atomic mass is 16.5. The average Bonchev–Trinajstić information content (AvgIpc) is 2.27. The summed E-state index contributed by atoms with van der Waals surface area (Å²) in [5, 5.41) is 3.35. The first kappa shape index (κ1) is 14.0. The maximum Gasteiger partial charge on any atom is 0.123 e. The number of rotatable bonds is 7. The van der Waals surface area contributed by atoms with Crippen LogP contribution in [0.1, 0.15) is 46.2 Å². The lowest BCUT2D eigenvalue weighted by Crippen LogP contribution is -2.22. The highest BCUT2D eigenvalue weighted by Crippen LogP contribution is 2.14. The van der Waals surface area contributed by atoms with Crippen LogP contribution in [0.15, 0.2) is 18.3 Å². The van der Waals surface area contributed by atoms with Gasteiger partial charge in [0.2, 0.25) is 0 Å². The van der Waals surface area contributed by atoms with Gasteiger partial charge in [-0.2, -0.15) is 0 Å². The zero-order valence-electron chi connectivity index (χ0n) is 11.4. The lowest BCUT2D eigenvalue weighted by atomic mass is 10.2. The number of hydrogen-bond acceptors (Lipinski definition) is 3. The van der Waals surface area contributed by atoms with E-state index in [1.165, 1.54) is 0 Å². The van der Waals surface area contributed by atoms with Crippen LogP contribution in [0.2, 0.25) is 0 Å². The third-order valence-corrected chi connectivity index (χ3v) is 2.51. The number of aromatic nitrogens is 1. The second-order valence-electron chi connectivity index (χ2n) is 4.74. The molecule has 0 aromatic carbocycles. The highest BCUT2D eigenvalue weighted by Gasteiger charge is 2.04. The summed E-state index contributed by atoms with van der Waals surface area (Å²) < 4.78 is 5.83. The molecule has 17 heavy (non-hydrogen) atoms. The second-order valence-corrected chi connectivity index (χ2v) is 4.74. The molecule has 0 spiro atoms. The molecule has 0 fully saturated rings. The third kappa shape index (κ3) is 5.68. The van der Waals surface area contributed by atoms with Crippen LogP contribution in [0, 0.1) is 0 Å². The van der Waals surface area contributed by atoms with Crippen molar-refractivity contribution in [3.63, 3.8) is 0 Å². The van der Waals surface area contributed by atoms with Crippen molar-refractivity contribution in [2.75, 3.05) is 0 Å². The molecule has 1 aromatic rings. The van der Waals surface area contributed by atoms with Gasteiger partial charge >= 0.3 is 0 Å². The minimum atomic E-state index is 0.272. The predicted molar refractivity (Wildman–Crippen MR) is 71.2 cm³/mol. The molecule has 1 rings (SSSR count). The highest BCUT2D eigenvalue weighted by molar-refractivity contribution is 5.22. The maximum absolute atomic E-state index is 5.83. The summed E-state index contributed by atoms with van der Waals surface area (Å²) in [6.45, 7) is 9.32. The van der Waals surface area contributed by atoms with E-state index in [4.69, 9.17) is 4.74 Å². The van der Waals surface area contributed by atoms with E-state index in [1.807, 2.05) is 18.3 Å². The van der Waals surface area contributed by atoms with Gasteiger partial charge in [-0.25, -0.2) is 0 Å². The van der Waals surface area contributed by atoms with Crippen molar-refractivity contribution < 1.29 is 4.74 Å². The largest absolute Gasteiger partial charge is 0.491 e. The smallest absolute Gasteiger partial charge is 0.123 e. The van der Waals surface area contributed by atoms with Gasteiger partial charge < -0.3 is 10.1 Å². The molecule has 0 saturated heterocycles. The van der Waals surface area contributed by atoms with Gasteiger partial charge in [-0.05, 0) is 19.4 Å². The zero-order valence-corrected chi connectivity index (χ0v) is 11.4. The Kier molecular flexibility index (Phi) is 5.98. The molecule has 0 aliphatic rings. The van der Waals surface area contributed by atoms with Crippen molar-refractivity contribution in [2.45, 2.75) is 59.2 Å². The summed E-state index contributed by atoms with van der Waals surface area (Å²) in [6, 6.07) is 4.41. The van der Waals surface area contributed by atoms with Crippen LogP contribution >= 0.6 is 0 Å². The van der Waals surface area contributed by atoms with E-state index in [-0.39, 0.29) is 6.10 Å². The van der Waals surface area contributed by atoms with Crippen LogP contribution in [-0.2, 0) is 6.54 Å². The predicted octanol–water partition coefficient (Wildman–Crippen LogP) is 3.15. The Bertz CT molecular complexity index is 326. The van der Waals surface area contributed by atoms with Crippen molar-refractivity contribution in [1.82, 2.24) is 10.3 Å². The molecule has 0 aliphatic carbocycles. The lowest BCUT2D eigenvalue weighted by Gasteiger charge is -2.14. The molecule has 1 aromatic heterocycles. The van der Waals surface area contributed by atoms with Crippen molar-refractivity contribution >= 4 is 0 Å². The fourth-order valence-electron chi connectivity index (χ4n) is 1.63. The molecule has 0 saturated carbocycles. The number of nitrogens with zero attached hydrogens (tertiary/aromatic N) is 1. The van der Waals surface area contributed by atoms with Crippen molar-refractivity contribution in [3.05, 3.63) is 24.0 Å². The first-order valence-electron chi connectivity index (χ1n) is 6.46. The number of pyridine rings is 1. The first-order valence-corrected chi connectivity index (χ1v) is 6.46. The van der Waals surface area contributed by atoms with Gasteiger partial charge in [0.25, 0.3) is 0 Å². The van der Waals surface area contributed by atoms with Gasteiger partial charge in [0.1, 0.15) is 5.75 Å². The van der Waals surface area contributed by atoms with Gasteiger partial charge in [0.15, 0.2) is 0 Å². The monoisotopic (exact) mass is 236 g/mol. The van der Waals surface area contributed by atoms with Gasteiger partial charge in [-0.15, -0.1) is 0 Å². The molecule has 0 aliphatic heterocycles. The quantitative estimate of drug-likeness (QED) is 0.789. The summed E-state index contributed by atoms with van der Waals surface area (Å²) in [6.07, 6.45) is 4.31. The van der Waals surface area contributed by atoms with Gasteiger partial charge in [-0.3, -0.25) is 4.98 Å². The Morgan fingerprint density at radius 2 is 2.12 bits per heavy atom. The van der Waals surface area contributed by atoms with E-state index in [2.05, 4.69) is 38.0 Å². The molecule has 1 heterocycles. The number of ether oxygens (including phenoxy) is 1. The molecule has 0 bridgehead atoms. The van der Waals surface area contributed by atoms with Crippen LogP contribution in [0.3, 0.4) is 0 Å². The van der Waals surface area contributed by atoms with Gasteiger partial charge in [0.05, 0.1) is 11.8 Å². The van der Waals surface area contributed by atoms with E-state index in [0.717, 1.165) is 30.8 Å². The Balaban J connectivity index is 2.53. The molecule has 3 heteroatoms. The van der Waals surface area contributed by atoms with E-state index < -0.39 is 0 Å². The zero-order chi connectivity index (χ0) is 12.7. The number of nitrogens with one attached hydrogen (secondary N) is 1. The summed E-state index contributed by atoms with van der Waals surface area (Å²) in [5.74, 6) is 0.918. The van der Waals surface area contributed by atoms with Crippen LogP contribution in [0.4, 0.5) is 0 Å². The van der Waals surface area contributed by atoms with E-state index in [9.17, 15) is 0 Å². The Labute approximate surface area is 105 Å². The van der Waals surface area contributed by atoms with Crippen molar-refractivity contribution in [1.29, 1.82) is 0 Å². The van der Waals surface area contributed by atoms with Crippen LogP contribution < -0.4 is 10.1 Å². The molecule has 1 atom stereocenters. The van der Waals surface area contributed by atoms with E-state index >= 15 is 0 Å². The van der Waals surface area contributed by atoms with E-state index in [0.29, 0.717) is 6.04 Å². The Morgan fingerprint density at radius 1 is 1.35 bits per heavy atom. The van der Waals surface area contributed by atoms with E-state index in [1.54, 1.807) is 0 Å². The van der Waals surface area contributed by atoms with Gasteiger partial charge in [-0.1, -0.05) is 27.2 Å². The summed E-state index contributed by atoms with van der Waals surface area (Å²) in [7, 11) is 0. The summed E-state index contributed by atoms with van der Waals surface area (Å²) in [4.78, 5) is 4.32. The SMILES string of the molecule is CCCC(C)Oc1ccnc(CNC(C)C)c1. The van der Waals surface area contributed by atoms with Crippen LogP contribution in [-0.4, -0.2) is 17.1 Å². The lowest BCUT2D eigenvalue weighted by molar-refractivity contribution is 0.209. The third-order valence-electron chi connectivity index (χ3n) is 2.51. The van der Waals surface area contributed by atoms with Crippen molar-refractivity contribution in [3.8, 4) is 5.75 Å².